The highest BCUT2D eigenvalue weighted by atomic mass is 32.1. The second-order valence-corrected chi connectivity index (χ2v) is 8.16. The number of nitrogens with one attached hydrogen (secondary N) is 1. The van der Waals surface area contributed by atoms with Gasteiger partial charge in [-0.05, 0) is 18.4 Å². The molecule has 0 aliphatic carbocycles. The topological polar surface area (TPSA) is 75.0 Å². The lowest BCUT2D eigenvalue weighted by molar-refractivity contribution is 0.240. The SMILES string of the molecule is Cc1onc(-c2ccccc2)c1CN1CCc2nc(-c3cccs3)[nH]c(=O)c2C1. The average molecular weight is 404 g/mol. The fourth-order valence-electron chi connectivity index (χ4n) is 3.77. The third kappa shape index (κ3) is 3.43. The lowest BCUT2D eigenvalue weighted by Crippen LogP contribution is -2.35. The molecule has 6 nitrogen and oxygen atoms in total. The van der Waals surface area contributed by atoms with Crippen molar-refractivity contribution in [3.05, 3.63) is 80.8 Å². The molecule has 0 amide bonds. The van der Waals surface area contributed by atoms with Crippen LogP contribution in [0.1, 0.15) is 22.6 Å². The normalized spacial score (nSPS) is 14.1. The van der Waals surface area contributed by atoms with E-state index < -0.39 is 0 Å². The molecule has 0 bridgehead atoms. The Bertz CT molecular complexity index is 1200. The van der Waals surface area contributed by atoms with Crippen LogP contribution in [0.2, 0.25) is 0 Å². The monoisotopic (exact) mass is 404 g/mol. The molecule has 4 heterocycles. The number of aryl methyl sites for hydroxylation is 1. The van der Waals surface area contributed by atoms with Crippen LogP contribution < -0.4 is 5.56 Å². The molecule has 146 valence electrons. The first-order valence-electron chi connectivity index (χ1n) is 9.58. The van der Waals surface area contributed by atoms with Crippen molar-refractivity contribution >= 4 is 11.3 Å². The summed E-state index contributed by atoms with van der Waals surface area (Å²) in [5, 5.41) is 6.26. The lowest BCUT2D eigenvalue weighted by Gasteiger charge is -2.27. The summed E-state index contributed by atoms with van der Waals surface area (Å²) >= 11 is 1.58. The van der Waals surface area contributed by atoms with Crippen LogP contribution in [0, 0.1) is 6.92 Å². The highest BCUT2D eigenvalue weighted by Gasteiger charge is 2.24. The van der Waals surface area contributed by atoms with Crippen LogP contribution >= 0.6 is 11.3 Å². The molecule has 5 rings (SSSR count). The van der Waals surface area contributed by atoms with Gasteiger partial charge in [-0.25, -0.2) is 4.98 Å². The smallest absolute Gasteiger partial charge is 0.255 e. The van der Waals surface area contributed by atoms with Gasteiger partial charge < -0.3 is 9.51 Å². The first kappa shape index (κ1) is 18.0. The zero-order chi connectivity index (χ0) is 19.8. The Balaban J connectivity index is 1.42. The highest BCUT2D eigenvalue weighted by Crippen LogP contribution is 2.28. The number of hydrogen-bond acceptors (Lipinski definition) is 6. The van der Waals surface area contributed by atoms with Gasteiger partial charge in [-0.3, -0.25) is 9.69 Å². The molecule has 0 saturated heterocycles. The molecule has 0 spiro atoms. The molecule has 1 aliphatic rings. The summed E-state index contributed by atoms with van der Waals surface area (Å²) in [7, 11) is 0. The highest BCUT2D eigenvalue weighted by molar-refractivity contribution is 7.13. The number of H-pyrrole nitrogens is 1. The van der Waals surface area contributed by atoms with E-state index in [4.69, 9.17) is 9.51 Å². The van der Waals surface area contributed by atoms with E-state index in [-0.39, 0.29) is 5.56 Å². The second-order valence-electron chi connectivity index (χ2n) is 7.21. The number of hydrogen-bond donors (Lipinski definition) is 1. The van der Waals surface area contributed by atoms with Gasteiger partial charge in [0, 0.05) is 37.2 Å². The zero-order valence-electron chi connectivity index (χ0n) is 16.0. The first-order valence-corrected chi connectivity index (χ1v) is 10.5. The molecule has 29 heavy (non-hydrogen) atoms. The minimum Gasteiger partial charge on any atom is -0.361 e. The van der Waals surface area contributed by atoms with Crippen molar-refractivity contribution in [2.45, 2.75) is 26.4 Å². The molecule has 0 radical (unpaired) electrons. The van der Waals surface area contributed by atoms with Crippen molar-refractivity contribution in [3.8, 4) is 22.0 Å². The number of fused-ring (bicyclic) bond motifs is 1. The standard InChI is InChI=1S/C22H20N4O2S/c1-14-16(20(25-28-14)15-6-3-2-4-7-15)12-26-10-9-18-17(13-26)22(27)24-21(23-18)19-8-5-11-29-19/h2-8,11H,9-10,12-13H2,1H3,(H,23,24,27). The van der Waals surface area contributed by atoms with Gasteiger partial charge in [-0.15, -0.1) is 11.3 Å². The van der Waals surface area contributed by atoms with E-state index in [0.717, 1.165) is 51.7 Å². The van der Waals surface area contributed by atoms with E-state index in [1.807, 2.05) is 54.8 Å². The summed E-state index contributed by atoms with van der Waals surface area (Å²) in [6.07, 6.45) is 0.753. The number of nitrogens with zero attached hydrogens (tertiary/aromatic N) is 3. The summed E-state index contributed by atoms with van der Waals surface area (Å²) in [5.41, 5.74) is 4.59. The molecule has 0 fully saturated rings. The van der Waals surface area contributed by atoms with Crippen LogP contribution in [0.5, 0.6) is 0 Å². The van der Waals surface area contributed by atoms with Gasteiger partial charge in [0.25, 0.3) is 5.56 Å². The van der Waals surface area contributed by atoms with E-state index in [0.29, 0.717) is 18.9 Å². The second kappa shape index (κ2) is 7.42. The molecule has 3 aromatic heterocycles. The van der Waals surface area contributed by atoms with E-state index in [2.05, 4.69) is 15.0 Å². The van der Waals surface area contributed by atoms with E-state index >= 15 is 0 Å². The Morgan fingerprint density at radius 1 is 1.21 bits per heavy atom. The zero-order valence-corrected chi connectivity index (χ0v) is 16.8. The van der Waals surface area contributed by atoms with Gasteiger partial charge >= 0.3 is 0 Å². The number of aromatic nitrogens is 3. The van der Waals surface area contributed by atoms with Gasteiger partial charge in [0.1, 0.15) is 11.5 Å². The fraction of sp³-hybridized carbons (Fsp3) is 0.227. The molecule has 0 unspecified atom stereocenters. The molecule has 1 aliphatic heterocycles. The molecule has 1 N–H and O–H groups in total. The van der Waals surface area contributed by atoms with Crippen LogP contribution in [-0.4, -0.2) is 26.6 Å². The van der Waals surface area contributed by atoms with Crippen molar-refractivity contribution in [2.24, 2.45) is 0 Å². The maximum atomic E-state index is 12.7. The summed E-state index contributed by atoms with van der Waals surface area (Å²) in [6, 6.07) is 14.0. The Morgan fingerprint density at radius 3 is 2.86 bits per heavy atom. The van der Waals surface area contributed by atoms with E-state index in [1.54, 1.807) is 11.3 Å². The van der Waals surface area contributed by atoms with Crippen LogP contribution in [0.3, 0.4) is 0 Å². The van der Waals surface area contributed by atoms with Gasteiger partial charge in [-0.2, -0.15) is 0 Å². The van der Waals surface area contributed by atoms with Crippen LogP contribution in [0.25, 0.3) is 22.0 Å². The van der Waals surface area contributed by atoms with Gasteiger partial charge in [0.15, 0.2) is 5.82 Å². The lowest BCUT2D eigenvalue weighted by atomic mass is 10.0. The Kier molecular flexibility index (Phi) is 4.61. The molecule has 4 aromatic rings. The summed E-state index contributed by atoms with van der Waals surface area (Å²) in [4.78, 5) is 23.7. The Hall–Kier alpha value is -3.03. The molecular formula is C22H20N4O2S. The molecule has 0 atom stereocenters. The minimum absolute atomic E-state index is 0.0478. The first-order chi connectivity index (χ1) is 14.2. The van der Waals surface area contributed by atoms with Crippen LogP contribution in [0.15, 0.2) is 57.2 Å². The van der Waals surface area contributed by atoms with Crippen molar-refractivity contribution in [1.29, 1.82) is 0 Å². The molecule has 0 saturated carbocycles. The quantitative estimate of drug-likeness (QED) is 0.556. The van der Waals surface area contributed by atoms with Gasteiger partial charge in [-0.1, -0.05) is 41.6 Å². The molecule has 7 heteroatoms. The Labute approximate surface area is 171 Å². The third-order valence-corrected chi connectivity index (χ3v) is 6.19. The summed E-state index contributed by atoms with van der Waals surface area (Å²) in [6.45, 7) is 4.03. The minimum atomic E-state index is -0.0478. The maximum Gasteiger partial charge on any atom is 0.255 e. The van der Waals surface area contributed by atoms with Crippen molar-refractivity contribution in [2.75, 3.05) is 6.54 Å². The van der Waals surface area contributed by atoms with Crippen molar-refractivity contribution in [3.63, 3.8) is 0 Å². The number of aromatic amines is 1. The summed E-state index contributed by atoms with van der Waals surface area (Å²) < 4.78 is 5.49. The number of thiophene rings is 1. The van der Waals surface area contributed by atoms with Gasteiger partial charge in [0.2, 0.25) is 0 Å². The summed E-state index contributed by atoms with van der Waals surface area (Å²) in [5.74, 6) is 1.48. The maximum absolute atomic E-state index is 12.7. The number of rotatable bonds is 4. The molecule has 1 aromatic carbocycles. The molecular weight excluding hydrogens is 384 g/mol. The van der Waals surface area contributed by atoms with Gasteiger partial charge in [0.05, 0.1) is 16.1 Å². The third-order valence-electron chi connectivity index (χ3n) is 5.32. The number of benzene rings is 1. The van der Waals surface area contributed by atoms with E-state index in [9.17, 15) is 4.79 Å². The largest absolute Gasteiger partial charge is 0.361 e. The average Bonchev–Trinajstić information content (AvgIpc) is 3.40. The van der Waals surface area contributed by atoms with Crippen molar-refractivity contribution in [1.82, 2.24) is 20.0 Å². The fourth-order valence-corrected chi connectivity index (χ4v) is 4.44. The predicted molar refractivity (Wildman–Crippen MR) is 113 cm³/mol. The van der Waals surface area contributed by atoms with E-state index in [1.165, 1.54) is 0 Å². The van der Waals surface area contributed by atoms with Crippen LogP contribution in [0.4, 0.5) is 0 Å². The Morgan fingerprint density at radius 2 is 2.07 bits per heavy atom. The van der Waals surface area contributed by atoms with Crippen molar-refractivity contribution < 1.29 is 4.52 Å². The predicted octanol–water partition coefficient (Wildman–Crippen LogP) is 4.02. The van der Waals surface area contributed by atoms with Crippen LogP contribution in [-0.2, 0) is 19.5 Å².